The van der Waals surface area contributed by atoms with Crippen LogP contribution in [0.5, 0.6) is 0 Å². The van der Waals surface area contributed by atoms with E-state index in [0.717, 1.165) is 22.4 Å². The molecule has 0 aliphatic carbocycles. The Morgan fingerprint density at radius 3 is 2.93 bits per heavy atom. The number of carbonyl (C=O) groups is 1. The molecule has 15 heavy (non-hydrogen) atoms. The van der Waals surface area contributed by atoms with Crippen LogP contribution < -0.4 is 10.6 Å². The van der Waals surface area contributed by atoms with E-state index in [1.54, 1.807) is 6.20 Å². The molecule has 1 amide bonds. The van der Waals surface area contributed by atoms with Gasteiger partial charge in [0.05, 0.1) is 18.4 Å². The van der Waals surface area contributed by atoms with E-state index in [1.165, 1.54) is 0 Å². The van der Waals surface area contributed by atoms with E-state index in [9.17, 15) is 4.79 Å². The Morgan fingerprint density at radius 2 is 2.33 bits per heavy atom. The van der Waals surface area contributed by atoms with Gasteiger partial charge >= 0.3 is 0 Å². The summed E-state index contributed by atoms with van der Waals surface area (Å²) in [5, 5.41) is 5.71. The summed E-state index contributed by atoms with van der Waals surface area (Å²) in [6, 6.07) is 1.88. The number of amides is 1. The fraction of sp³-hybridized carbons (Fsp3) is 0.400. The molecular formula is C10H14BrN3O. The Hall–Kier alpha value is -0.940. The summed E-state index contributed by atoms with van der Waals surface area (Å²) >= 11 is 3.30. The third-order valence-electron chi connectivity index (χ3n) is 1.83. The minimum atomic E-state index is -0.0552. The van der Waals surface area contributed by atoms with E-state index in [0.29, 0.717) is 6.54 Å². The molecule has 4 nitrogen and oxygen atoms in total. The van der Waals surface area contributed by atoms with Gasteiger partial charge in [-0.2, -0.15) is 0 Å². The van der Waals surface area contributed by atoms with Gasteiger partial charge in [0.1, 0.15) is 4.60 Å². The summed E-state index contributed by atoms with van der Waals surface area (Å²) in [5.74, 6) is -0.0552. The van der Waals surface area contributed by atoms with Crippen molar-refractivity contribution in [2.75, 3.05) is 18.4 Å². The third kappa shape index (κ3) is 3.97. The molecule has 2 N–H and O–H groups in total. The van der Waals surface area contributed by atoms with Gasteiger partial charge in [-0.1, -0.05) is 6.92 Å². The van der Waals surface area contributed by atoms with Gasteiger partial charge in [-0.05, 0) is 41.0 Å². The number of rotatable bonds is 4. The van der Waals surface area contributed by atoms with Crippen LogP contribution in [0.1, 0.15) is 12.5 Å². The Morgan fingerprint density at radius 1 is 1.60 bits per heavy atom. The second-order valence-electron chi connectivity index (χ2n) is 3.16. The summed E-state index contributed by atoms with van der Waals surface area (Å²) in [6.45, 7) is 4.99. The molecule has 0 radical (unpaired) electrons. The first kappa shape index (κ1) is 12.1. The maximum absolute atomic E-state index is 11.4. The molecule has 0 saturated heterocycles. The molecule has 0 spiro atoms. The summed E-state index contributed by atoms with van der Waals surface area (Å²) in [7, 11) is 0. The highest BCUT2D eigenvalue weighted by atomic mass is 79.9. The molecule has 0 unspecified atom stereocenters. The largest absolute Gasteiger partial charge is 0.324 e. The lowest BCUT2D eigenvalue weighted by Gasteiger charge is -2.06. The lowest BCUT2D eigenvalue weighted by molar-refractivity contribution is -0.115. The highest BCUT2D eigenvalue weighted by Crippen LogP contribution is 2.16. The maximum Gasteiger partial charge on any atom is 0.238 e. The van der Waals surface area contributed by atoms with Crippen LogP contribution in [0.25, 0.3) is 0 Å². The SMILES string of the molecule is CCNCC(=O)Nc1cnc(Br)c(C)c1. The van der Waals surface area contributed by atoms with Crippen molar-refractivity contribution in [3.63, 3.8) is 0 Å². The zero-order valence-electron chi connectivity index (χ0n) is 8.80. The lowest BCUT2D eigenvalue weighted by atomic mass is 10.3. The van der Waals surface area contributed by atoms with Crippen molar-refractivity contribution in [1.82, 2.24) is 10.3 Å². The standard InChI is InChI=1S/C10H14BrN3O/c1-3-12-6-9(15)14-8-4-7(2)10(11)13-5-8/h4-5,12H,3,6H2,1-2H3,(H,14,15). The van der Waals surface area contributed by atoms with E-state index in [4.69, 9.17) is 0 Å². The first-order chi connectivity index (χ1) is 7.13. The number of nitrogens with one attached hydrogen (secondary N) is 2. The van der Waals surface area contributed by atoms with Crippen LogP contribution in [0.4, 0.5) is 5.69 Å². The molecule has 0 aromatic carbocycles. The number of aromatic nitrogens is 1. The molecule has 5 heteroatoms. The quantitative estimate of drug-likeness (QED) is 0.820. The van der Waals surface area contributed by atoms with Crippen LogP contribution in [-0.2, 0) is 4.79 Å². The van der Waals surface area contributed by atoms with Crippen molar-refractivity contribution in [2.45, 2.75) is 13.8 Å². The summed E-state index contributed by atoms with van der Waals surface area (Å²) < 4.78 is 0.798. The van der Waals surface area contributed by atoms with E-state index < -0.39 is 0 Å². The van der Waals surface area contributed by atoms with Crippen molar-refractivity contribution in [1.29, 1.82) is 0 Å². The molecule has 0 bridgehead atoms. The summed E-state index contributed by atoms with van der Waals surface area (Å²) in [5.41, 5.74) is 1.72. The zero-order chi connectivity index (χ0) is 11.3. The summed E-state index contributed by atoms with van der Waals surface area (Å²) in [6.07, 6.45) is 1.63. The van der Waals surface area contributed by atoms with Gasteiger partial charge in [0.25, 0.3) is 0 Å². The fourth-order valence-electron chi connectivity index (χ4n) is 1.07. The van der Waals surface area contributed by atoms with Gasteiger partial charge in [0, 0.05) is 0 Å². The number of nitrogens with zero attached hydrogens (tertiary/aromatic N) is 1. The second kappa shape index (κ2) is 5.82. The van der Waals surface area contributed by atoms with Gasteiger partial charge in [0.15, 0.2) is 0 Å². The van der Waals surface area contributed by atoms with E-state index in [-0.39, 0.29) is 5.91 Å². The molecule has 0 fully saturated rings. The van der Waals surface area contributed by atoms with Crippen LogP contribution in [0.3, 0.4) is 0 Å². The Balaban J connectivity index is 2.57. The average Bonchev–Trinajstić information content (AvgIpc) is 2.20. The minimum Gasteiger partial charge on any atom is -0.324 e. The predicted octanol–water partition coefficient (Wildman–Crippen LogP) is 1.70. The van der Waals surface area contributed by atoms with Crippen molar-refractivity contribution >= 4 is 27.5 Å². The number of likely N-dealkylation sites (N-methyl/N-ethyl adjacent to an activating group) is 1. The number of pyridine rings is 1. The van der Waals surface area contributed by atoms with E-state index in [2.05, 4.69) is 31.5 Å². The topological polar surface area (TPSA) is 54.0 Å². The van der Waals surface area contributed by atoms with Crippen LogP contribution in [0.15, 0.2) is 16.9 Å². The van der Waals surface area contributed by atoms with Gasteiger partial charge < -0.3 is 10.6 Å². The van der Waals surface area contributed by atoms with Gasteiger partial charge in [-0.15, -0.1) is 0 Å². The van der Waals surface area contributed by atoms with Crippen molar-refractivity contribution in [3.05, 3.63) is 22.4 Å². The van der Waals surface area contributed by atoms with Gasteiger partial charge in [0.2, 0.25) is 5.91 Å². The smallest absolute Gasteiger partial charge is 0.238 e. The number of halogens is 1. The molecule has 82 valence electrons. The van der Waals surface area contributed by atoms with Gasteiger partial charge in [-0.3, -0.25) is 4.79 Å². The van der Waals surface area contributed by atoms with E-state index >= 15 is 0 Å². The number of anilines is 1. The molecule has 1 aromatic heterocycles. The zero-order valence-corrected chi connectivity index (χ0v) is 10.4. The van der Waals surface area contributed by atoms with Crippen molar-refractivity contribution < 1.29 is 4.79 Å². The third-order valence-corrected chi connectivity index (χ3v) is 2.66. The lowest BCUT2D eigenvalue weighted by Crippen LogP contribution is -2.27. The molecular weight excluding hydrogens is 258 g/mol. The minimum absolute atomic E-state index is 0.0552. The monoisotopic (exact) mass is 271 g/mol. The van der Waals surface area contributed by atoms with Crippen LogP contribution in [-0.4, -0.2) is 24.0 Å². The number of aryl methyl sites for hydroxylation is 1. The van der Waals surface area contributed by atoms with Crippen molar-refractivity contribution in [2.24, 2.45) is 0 Å². The number of hydrogen-bond acceptors (Lipinski definition) is 3. The first-order valence-electron chi connectivity index (χ1n) is 4.76. The molecule has 0 aliphatic heterocycles. The normalized spacial score (nSPS) is 10.1. The number of hydrogen-bond donors (Lipinski definition) is 2. The highest BCUT2D eigenvalue weighted by Gasteiger charge is 2.03. The van der Waals surface area contributed by atoms with Gasteiger partial charge in [-0.25, -0.2) is 4.98 Å². The average molecular weight is 272 g/mol. The Kier molecular flexibility index (Phi) is 4.71. The number of carbonyl (C=O) groups excluding carboxylic acids is 1. The molecule has 1 heterocycles. The van der Waals surface area contributed by atoms with Crippen LogP contribution in [0, 0.1) is 6.92 Å². The maximum atomic E-state index is 11.4. The fourth-order valence-corrected chi connectivity index (χ4v) is 1.29. The van der Waals surface area contributed by atoms with E-state index in [1.807, 2.05) is 19.9 Å². The summed E-state index contributed by atoms with van der Waals surface area (Å²) in [4.78, 5) is 15.4. The Labute approximate surface area is 97.6 Å². The highest BCUT2D eigenvalue weighted by molar-refractivity contribution is 9.10. The molecule has 0 aliphatic rings. The molecule has 1 aromatic rings. The second-order valence-corrected chi connectivity index (χ2v) is 3.91. The van der Waals surface area contributed by atoms with Crippen LogP contribution in [0.2, 0.25) is 0 Å². The first-order valence-corrected chi connectivity index (χ1v) is 5.55. The Bertz CT molecular complexity index is 355. The van der Waals surface area contributed by atoms with Crippen molar-refractivity contribution in [3.8, 4) is 0 Å². The predicted molar refractivity (Wildman–Crippen MR) is 63.8 cm³/mol. The van der Waals surface area contributed by atoms with Crippen LogP contribution >= 0.6 is 15.9 Å². The molecule has 0 atom stereocenters. The molecule has 1 rings (SSSR count). The molecule has 0 saturated carbocycles.